The van der Waals surface area contributed by atoms with Crippen molar-refractivity contribution in [2.45, 2.75) is 0 Å². The van der Waals surface area contributed by atoms with Crippen LogP contribution in [0, 0.1) is 0 Å². The monoisotopic (exact) mass is 354 g/mol. The lowest BCUT2D eigenvalue weighted by molar-refractivity contribution is -0.128. The second-order valence-corrected chi connectivity index (χ2v) is 5.80. The minimum atomic E-state index is -0.443. The summed E-state index contributed by atoms with van der Waals surface area (Å²) in [6, 6.07) is 25.6. The van der Waals surface area contributed by atoms with E-state index < -0.39 is 5.97 Å². The van der Waals surface area contributed by atoms with E-state index in [9.17, 15) is 9.59 Å². The van der Waals surface area contributed by atoms with Crippen molar-refractivity contribution < 1.29 is 14.3 Å². The Labute approximate surface area is 158 Å². The molecule has 0 amide bonds. The average molecular weight is 354 g/mol. The Balaban J connectivity index is 1.57. The highest BCUT2D eigenvalue weighted by atomic mass is 16.5. The van der Waals surface area contributed by atoms with Crippen LogP contribution in [0.1, 0.15) is 21.5 Å². The van der Waals surface area contributed by atoms with Crippen molar-refractivity contribution >= 4 is 23.9 Å². The normalized spacial score (nSPS) is 11.0. The molecule has 3 aromatic carbocycles. The van der Waals surface area contributed by atoms with Crippen LogP contribution in [0.25, 0.3) is 12.2 Å². The molecule has 0 aromatic heterocycles. The number of rotatable bonds is 6. The number of benzene rings is 3. The van der Waals surface area contributed by atoms with Crippen molar-refractivity contribution in [2.75, 3.05) is 0 Å². The highest BCUT2D eigenvalue weighted by Crippen LogP contribution is 2.14. The van der Waals surface area contributed by atoms with E-state index in [1.165, 1.54) is 12.2 Å². The second-order valence-electron chi connectivity index (χ2n) is 5.80. The van der Waals surface area contributed by atoms with E-state index in [1.807, 2.05) is 48.5 Å². The summed E-state index contributed by atoms with van der Waals surface area (Å²) in [5.41, 5.74) is 2.42. The molecule has 3 nitrogen and oxygen atoms in total. The van der Waals surface area contributed by atoms with Gasteiger partial charge in [0, 0.05) is 11.6 Å². The molecule has 3 rings (SSSR count). The highest BCUT2D eigenvalue weighted by Gasteiger charge is 2.02. The van der Waals surface area contributed by atoms with Gasteiger partial charge in [0.25, 0.3) is 0 Å². The van der Waals surface area contributed by atoms with Crippen LogP contribution >= 0.6 is 0 Å². The van der Waals surface area contributed by atoms with E-state index in [0.717, 1.165) is 11.1 Å². The Hall–Kier alpha value is -3.72. The Morgan fingerprint density at radius 1 is 0.630 bits per heavy atom. The number of carbonyl (C=O) groups is 2. The summed E-state index contributed by atoms with van der Waals surface area (Å²) in [4.78, 5) is 23.9. The topological polar surface area (TPSA) is 43.4 Å². The van der Waals surface area contributed by atoms with Crippen LogP contribution in [-0.2, 0) is 4.79 Å². The molecule has 0 aliphatic heterocycles. The first-order valence-corrected chi connectivity index (χ1v) is 8.53. The smallest absolute Gasteiger partial charge is 0.336 e. The van der Waals surface area contributed by atoms with Gasteiger partial charge in [-0.05, 0) is 35.4 Å². The molecule has 0 fully saturated rings. The summed E-state index contributed by atoms with van der Waals surface area (Å²) in [7, 11) is 0. The third kappa shape index (κ3) is 5.65. The fourth-order valence-electron chi connectivity index (χ4n) is 2.40. The van der Waals surface area contributed by atoms with Crippen LogP contribution in [0.5, 0.6) is 5.75 Å². The van der Waals surface area contributed by atoms with Gasteiger partial charge >= 0.3 is 5.97 Å². The molecule has 3 heteroatoms. The van der Waals surface area contributed by atoms with Crippen LogP contribution in [0.3, 0.4) is 0 Å². The number of hydrogen-bond donors (Lipinski definition) is 0. The summed E-state index contributed by atoms with van der Waals surface area (Å²) in [6.07, 6.45) is 6.35. The Bertz CT molecular complexity index is 954. The largest absolute Gasteiger partial charge is 0.423 e. The zero-order valence-electron chi connectivity index (χ0n) is 14.6. The first kappa shape index (κ1) is 18.1. The van der Waals surface area contributed by atoms with Gasteiger partial charge < -0.3 is 4.74 Å². The van der Waals surface area contributed by atoms with Crippen LogP contribution in [-0.4, -0.2) is 11.8 Å². The highest BCUT2D eigenvalue weighted by molar-refractivity contribution is 6.06. The minimum Gasteiger partial charge on any atom is -0.423 e. The maximum absolute atomic E-state index is 12.1. The molecule has 0 saturated heterocycles. The maximum atomic E-state index is 12.1. The lowest BCUT2D eigenvalue weighted by Crippen LogP contribution is -2.03. The van der Waals surface area contributed by atoms with Gasteiger partial charge in [-0.3, -0.25) is 4.79 Å². The molecule has 0 N–H and O–H groups in total. The van der Waals surface area contributed by atoms with E-state index in [2.05, 4.69) is 0 Å². The molecule has 0 spiro atoms. The van der Waals surface area contributed by atoms with Gasteiger partial charge in [0.1, 0.15) is 5.75 Å². The molecule has 132 valence electrons. The lowest BCUT2D eigenvalue weighted by atomic mass is 10.1. The number of carbonyl (C=O) groups excluding carboxylic acids is 2. The number of allylic oxidation sites excluding steroid dienone is 1. The molecule has 0 atom stereocenters. The van der Waals surface area contributed by atoms with Crippen LogP contribution < -0.4 is 4.74 Å². The van der Waals surface area contributed by atoms with E-state index in [-0.39, 0.29) is 5.78 Å². The van der Waals surface area contributed by atoms with Gasteiger partial charge in [-0.1, -0.05) is 78.9 Å². The van der Waals surface area contributed by atoms with E-state index in [4.69, 9.17) is 4.74 Å². The molecule has 0 bridgehead atoms. The number of hydrogen-bond acceptors (Lipinski definition) is 3. The third-order valence-corrected chi connectivity index (χ3v) is 3.80. The quantitative estimate of drug-likeness (QED) is 0.264. The summed E-state index contributed by atoms with van der Waals surface area (Å²) in [6.45, 7) is 0. The van der Waals surface area contributed by atoms with Crippen molar-refractivity contribution in [3.8, 4) is 5.75 Å². The van der Waals surface area contributed by atoms with Crippen molar-refractivity contribution in [2.24, 2.45) is 0 Å². The van der Waals surface area contributed by atoms with Crippen LogP contribution in [0.4, 0.5) is 0 Å². The Kier molecular flexibility index (Phi) is 6.10. The Morgan fingerprint density at radius 3 is 1.85 bits per heavy atom. The van der Waals surface area contributed by atoms with Crippen molar-refractivity contribution in [1.29, 1.82) is 0 Å². The molecule has 0 unspecified atom stereocenters. The fraction of sp³-hybridized carbons (Fsp3) is 0. The summed E-state index contributed by atoms with van der Waals surface area (Å²) in [5.74, 6) is -0.0530. The zero-order valence-corrected chi connectivity index (χ0v) is 14.6. The molecule has 0 saturated carbocycles. The Morgan fingerprint density at radius 2 is 1.19 bits per heavy atom. The molecule has 0 aliphatic carbocycles. The van der Waals surface area contributed by atoms with E-state index >= 15 is 0 Å². The van der Waals surface area contributed by atoms with E-state index in [0.29, 0.717) is 11.3 Å². The first-order chi connectivity index (χ1) is 13.2. The number of ether oxygens (including phenoxy) is 1. The number of esters is 1. The van der Waals surface area contributed by atoms with Gasteiger partial charge in [0.05, 0.1) is 0 Å². The SMILES string of the molecule is O=C(/C=C\c1ccccc1)Oc1ccc(/C=C\C(=O)c2ccccc2)cc1. The average Bonchev–Trinajstić information content (AvgIpc) is 2.73. The predicted octanol–water partition coefficient (Wildman–Crippen LogP) is 5.20. The van der Waals surface area contributed by atoms with Crippen molar-refractivity contribution in [3.63, 3.8) is 0 Å². The zero-order chi connectivity index (χ0) is 18.9. The van der Waals surface area contributed by atoms with Crippen LogP contribution in [0.2, 0.25) is 0 Å². The van der Waals surface area contributed by atoms with Gasteiger partial charge in [0.2, 0.25) is 0 Å². The fourth-order valence-corrected chi connectivity index (χ4v) is 2.40. The van der Waals surface area contributed by atoms with Crippen molar-refractivity contribution in [1.82, 2.24) is 0 Å². The lowest BCUT2D eigenvalue weighted by Gasteiger charge is -2.02. The summed E-state index contributed by atoms with van der Waals surface area (Å²) in [5, 5.41) is 0. The second kappa shape index (κ2) is 9.11. The van der Waals surface area contributed by atoms with E-state index in [1.54, 1.807) is 48.6 Å². The van der Waals surface area contributed by atoms with Gasteiger partial charge in [-0.25, -0.2) is 4.79 Å². The molecule has 3 aromatic rings. The van der Waals surface area contributed by atoms with Crippen molar-refractivity contribution in [3.05, 3.63) is 114 Å². The molecule has 0 radical (unpaired) electrons. The minimum absolute atomic E-state index is 0.0582. The molecule has 0 heterocycles. The molecule has 0 aliphatic rings. The molecular weight excluding hydrogens is 336 g/mol. The maximum Gasteiger partial charge on any atom is 0.336 e. The third-order valence-electron chi connectivity index (χ3n) is 3.80. The van der Waals surface area contributed by atoms with Gasteiger partial charge in [-0.2, -0.15) is 0 Å². The molecular formula is C24H18O3. The predicted molar refractivity (Wildman–Crippen MR) is 107 cm³/mol. The summed E-state index contributed by atoms with van der Waals surface area (Å²) < 4.78 is 5.27. The molecule has 27 heavy (non-hydrogen) atoms. The standard InChI is InChI=1S/C24H18O3/c25-23(21-9-5-2-6-10-21)17-13-20-11-15-22(16-12-20)27-24(26)18-14-19-7-3-1-4-8-19/h1-18H/b17-13-,18-14-. The first-order valence-electron chi connectivity index (χ1n) is 8.53. The summed E-state index contributed by atoms with van der Waals surface area (Å²) >= 11 is 0. The van der Waals surface area contributed by atoms with Gasteiger partial charge in [0.15, 0.2) is 5.78 Å². The van der Waals surface area contributed by atoms with Gasteiger partial charge in [-0.15, -0.1) is 0 Å². The van der Waals surface area contributed by atoms with Crippen LogP contribution in [0.15, 0.2) is 97.1 Å². The number of ketones is 1.